The van der Waals surface area contributed by atoms with Crippen LogP contribution in [0.4, 0.5) is 0 Å². The van der Waals surface area contributed by atoms with E-state index in [0.29, 0.717) is 11.6 Å². The minimum atomic E-state index is 0.196. The van der Waals surface area contributed by atoms with Crippen LogP contribution in [0.5, 0.6) is 0 Å². The molecule has 1 saturated heterocycles. The second kappa shape index (κ2) is 6.93. The molecule has 1 unspecified atom stereocenters. The van der Waals surface area contributed by atoms with E-state index in [2.05, 4.69) is 69.9 Å². The van der Waals surface area contributed by atoms with Crippen molar-refractivity contribution in [3.05, 3.63) is 54.2 Å². The van der Waals surface area contributed by atoms with Crippen molar-refractivity contribution in [2.75, 3.05) is 26.7 Å². The molecule has 5 nitrogen and oxygen atoms in total. The van der Waals surface area contributed by atoms with Gasteiger partial charge >= 0.3 is 0 Å². The monoisotopic (exact) mass is 340 g/mol. The van der Waals surface area contributed by atoms with Crippen LogP contribution in [0.1, 0.15) is 17.8 Å². The second-order valence-corrected chi connectivity index (χ2v) is 7.09. The largest absolute Gasteiger partial charge is 0.338 e. The first-order valence-electron chi connectivity index (χ1n) is 8.14. The van der Waals surface area contributed by atoms with Crippen LogP contribution in [-0.2, 0) is 5.75 Å². The fourth-order valence-electron chi connectivity index (χ4n) is 2.96. The molecule has 0 aliphatic carbocycles. The van der Waals surface area contributed by atoms with E-state index in [9.17, 15) is 0 Å². The third kappa shape index (κ3) is 3.31. The quantitative estimate of drug-likeness (QED) is 0.737. The smallest absolute Gasteiger partial charge is 0.237 e. The molecular formula is C18H20N4OS. The molecule has 0 spiro atoms. The van der Waals surface area contributed by atoms with Crippen LogP contribution in [0.15, 0.2) is 51.9 Å². The van der Waals surface area contributed by atoms with E-state index in [4.69, 9.17) is 4.52 Å². The molecule has 0 bridgehead atoms. The van der Waals surface area contributed by atoms with Crippen LogP contribution in [0, 0.1) is 0 Å². The molecule has 1 aromatic heterocycles. The zero-order valence-corrected chi connectivity index (χ0v) is 14.4. The minimum absolute atomic E-state index is 0.196. The van der Waals surface area contributed by atoms with Gasteiger partial charge in [0.05, 0.1) is 11.8 Å². The highest BCUT2D eigenvalue weighted by Gasteiger charge is 2.25. The molecule has 6 heteroatoms. The van der Waals surface area contributed by atoms with E-state index in [1.165, 1.54) is 15.7 Å². The molecule has 2 aromatic carbocycles. The first-order chi connectivity index (χ1) is 11.8. The van der Waals surface area contributed by atoms with E-state index >= 15 is 0 Å². The van der Waals surface area contributed by atoms with Gasteiger partial charge in [-0.05, 0) is 30.0 Å². The van der Waals surface area contributed by atoms with Crippen LogP contribution in [-0.4, -0.2) is 41.7 Å². The summed E-state index contributed by atoms with van der Waals surface area (Å²) in [4.78, 5) is 8.06. The molecule has 0 saturated carbocycles. The van der Waals surface area contributed by atoms with Gasteiger partial charge in [0.2, 0.25) is 5.89 Å². The van der Waals surface area contributed by atoms with Gasteiger partial charge in [-0.3, -0.25) is 4.90 Å². The molecule has 4 rings (SSSR count). The molecule has 0 amide bonds. The SMILES string of the molecule is CN1CCNCC1c1noc(CSc2ccc3ccccc3c2)n1. The molecule has 1 N–H and O–H groups in total. The van der Waals surface area contributed by atoms with Crippen molar-refractivity contribution in [1.29, 1.82) is 0 Å². The summed E-state index contributed by atoms with van der Waals surface area (Å²) < 4.78 is 5.44. The average Bonchev–Trinajstić information content (AvgIpc) is 3.09. The predicted molar refractivity (Wildman–Crippen MR) is 96.0 cm³/mol. The topological polar surface area (TPSA) is 54.2 Å². The maximum atomic E-state index is 5.44. The van der Waals surface area contributed by atoms with Gasteiger partial charge < -0.3 is 9.84 Å². The van der Waals surface area contributed by atoms with Crippen LogP contribution in [0.3, 0.4) is 0 Å². The zero-order valence-electron chi connectivity index (χ0n) is 13.6. The summed E-state index contributed by atoms with van der Waals surface area (Å²) in [5, 5.41) is 10.1. The third-order valence-corrected chi connectivity index (χ3v) is 5.35. The van der Waals surface area contributed by atoms with E-state index in [0.717, 1.165) is 25.5 Å². The molecule has 1 atom stereocenters. The van der Waals surface area contributed by atoms with E-state index in [1.807, 2.05) is 0 Å². The molecule has 2 heterocycles. The molecule has 1 aliphatic rings. The summed E-state index contributed by atoms with van der Waals surface area (Å²) in [7, 11) is 2.10. The minimum Gasteiger partial charge on any atom is -0.338 e. The molecule has 3 aromatic rings. The van der Waals surface area contributed by atoms with Gasteiger partial charge in [0.25, 0.3) is 0 Å². The van der Waals surface area contributed by atoms with Gasteiger partial charge in [-0.2, -0.15) is 4.98 Å². The second-order valence-electron chi connectivity index (χ2n) is 6.04. The number of benzene rings is 2. The highest BCUT2D eigenvalue weighted by atomic mass is 32.2. The molecule has 0 radical (unpaired) electrons. The summed E-state index contributed by atoms with van der Waals surface area (Å²) in [6.07, 6.45) is 0. The Bertz CT molecular complexity index is 835. The number of nitrogens with zero attached hydrogens (tertiary/aromatic N) is 3. The number of fused-ring (bicyclic) bond motifs is 1. The number of nitrogens with one attached hydrogen (secondary N) is 1. The Balaban J connectivity index is 1.43. The lowest BCUT2D eigenvalue weighted by atomic mass is 10.1. The van der Waals surface area contributed by atoms with Crippen molar-refractivity contribution < 1.29 is 4.52 Å². The molecule has 1 fully saturated rings. The van der Waals surface area contributed by atoms with Gasteiger partial charge in [0, 0.05) is 24.5 Å². The van der Waals surface area contributed by atoms with E-state index in [-0.39, 0.29) is 6.04 Å². The number of thioether (sulfide) groups is 1. The summed E-state index contributed by atoms with van der Waals surface area (Å²) >= 11 is 1.72. The molecule has 1 aliphatic heterocycles. The number of piperazine rings is 1. The van der Waals surface area contributed by atoms with Crippen molar-refractivity contribution >= 4 is 22.5 Å². The molecule has 124 valence electrons. The van der Waals surface area contributed by atoms with E-state index < -0.39 is 0 Å². The Morgan fingerprint density at radius 2 is 2.12 bits per heavy atom. The van der Waals surface area contributed by atoms with Crippen molar-refractivity contribution in [3.63, 3.8) is 0 Å². The van der Waals surface area contributed by atoms with Crippen LogP contribution < -0.4 is 5.32 Å². The van der Waals surface area contributed by atoms with Crippen LogP contribution in [0.2, 0.25) is 0 Å². The van der Waals surface area contributed by atoms with Gasteiger partial charge in [0.15, 0.2) is 5.82 Å². The maximum absolute atomic E-state index is 5.44. The maximum Gasteiger partial charge on any atom is 0.237 e. The van der Waals surface area contributed by atoms with Gasteiger partial charge in [0.1, 0.15) is 0 Å². The van der Waals surface area contributed by atoms with Crippen molar-refractivity contribution in [2.45, 2.75) is 16.7 Å². The van der Waals surface area contributed by atoms with Crippen LogP contribution in [0.25, 0.3) is 10.8 Å². The summed E-state index contributed by atoms with van der Waals surface area (Å²) in [6, 6.07) is 15.1. The van der Waals surface area contributed by atoms with Crippen molar-refractivity contribution in [3.8, 4) is 0 Å². The average molecular weight is 340 g/mol. The highest BCUT2D eigenvalue weighted by Crippen LogP contribution is 2.27. The first-order valence-corrected chi connectivity index (χ1v) is 9.13. The Hall–Kier alpha value is -1.89. The number of hydrogen-bond donors (Lipinski definition) is 1. The fourth-order valence-corrected chi connectivity index (χ4v) is 3.74. The molecule has 24 heavy (non-hydrogen) atoms. The van der Waals surface area contributed by atoms with E-state index in [1.54, 1.807) is 11.8 Å². The highest BCUT2D eigenvalue weighted by molar-refractivity contribution is 7.98. The summed E-state index contributed by atoms with van der Waals surface area (Å²) in [5.41, 5.74) is 0. The third-order valence-electron chi connectivity index (χ3n) is 4.38. The number of rotatable bonds is 4. The lowest BCUT2D eigenvalue weighted by molar-refractivity contribution is 0.190. The standard InChI is InChI=1S/C18H20N4OS/c1-22-9-8-19-11-16(22)18-20-17(23-21-18)12-24-15-7-6-13-4-2-3-5-14(13)10-15/h2-7,10,16,19H,8-9,11-12H2,1H3. The Labute approximate surface area is 145 Å². The number of hydrogen-bond acceptors (Lipinski definition) is 6. The van der Waals surface area contributed by atoms with Crippen molar-refractivity contribution in [1.82, 2.24) is 20.4 Å². The predicted octanol–water partition coefficient (Wildman–Crippen LogP) is 3.09. The number of likely N-dealkylation sites (N-methyl/N-ethyl adjacent to an activating group) is 1. The van der Waals surface area contributed by atoms with Crippen molar-refractivity contribution in [2.24, 2.45) is 0 Å². The summed E-state index contributed by atoms with van der Waals surface area (Å²) in [5.74, 6) is 2.15. The lowest BCUT2D eigenvalue weighted by Crippen LogP contribution is -2.44. The fraction of sp³-hybridized carbons (Fsp3) is 0.333. The summed E-state index contributed by atoms with van der Waals surface area (Å²) in [6.45, 7) is 2.88. The Morgan fingerprint density at radius 1 is 1.25 bits per heavy atom. The lowest BCUT2D eigenvalue weighted by Gasteiger charge is -2.30. The van der Waals surface area contributed by atoms with Crippen LogP contribution >= 0.6 is 11.8 Å². The van der Waals surface area contributed by atoms with Gasteiger partial charge in [-0.15, -0.1) is 11.8 Å². The Morgan fingerprint density at radius 3 is 3.00 bits per heavy atom. The normalized spacial score (nSPS) is 19.0. The first kappa shape index (κ1) is 15.6. The van der Waals surface area contributed by atoms with Gasteiger partial charge in [-0.1, -0.05) is 35.5 Å². The molecular weight excluding hydrogens is 320 g/mol. The van der Waals surface area contributed by atoms with Gasteiger partial charge in [-0.25, -0.2) is 0 Å². The zero-order chi connectivity index (χ0) is 16.4. The number of aromatic nitrogens is 2. The Kier molecular flexibility index (Phi) is 4.51.